The Morgan fingerprint density at radius 1 is 1.30 bits per heavy atom. The molecule has 0 saturated carbocycles. The highest BCUT2D eigenvalue weighted by atomic mass is 16.6. The summed E-state index contributed by atoms with van der Waals surface area (Å²) >= 11 is 0. The summed E-state index contributed by atoms with van der Waals surface area (Å²) in [5, 5.41) is 0. The van der Waals surface area contributed by atoms with Crippen LogP contribution < -0.4 is 15.0 Å². The maximum Gasteiger partial charge on any atom is 0.264 e. The summed E-state index contributed by atoms with van der Waals surface area (Å²) in [5.74, 6) is 1.52. The maximum atomic E-state index is 12.8. The molecule has 0 aliphatic carbocycles. The van der Waals surface area contributed by atoms with Gasteiger partial charge in [-0.25, -0.2) is 4.98 Å². The second-order valence-corrected chi connectivity index (χ2v) is 7.81. The second-order valence-electron chi connectivity index (χ2n) is 7.81. The van der Waals surface area contributed by atoms with Crippen molar-refractivity contribution in [3.63, 3.8) is 0 Å². The van der Waals surface area contributed by atoms with Crippen molar-refractivity contribution in [2.75, 3.05) is 20.2 Å². The van der Waals surface area contributed by atoms with Crippen LogP contribution >= 0.6 is 0 Å². The van der Waals surface area contributed by atoms with Gasteiger partial charge in [-0.05, 0) is 19.1 Å². The zero-order valence-corrected chi connectivity index (χ0v) is 16.3. The zero-order valence-electron chi connectivity index (χ0n) is 16.3. The van der Waals surface area contributed by atoms with Gasteiger partial charge in [-0.2, -0.15) is 0 Å². The van der Waals surface area contributed by atoms with Gasteiger partial charge < -0.3 is 19.4 Å². The summed E-state index contributed by atoms with van der Waals surface area (Å²) in [7, 11) is 1.64. The number of H-pyrrole nitrogens is 1. The van der Waals surface area contributed by atoms with Crippen molar-refractivity contribution < 1.29 is 14.3 Å². The van der Waals surface area contributed by atoms with Crippen molar-refractivity contribution in [3.05, 3.63) is 51.7 Å². The molecule has 7 nitrogen and oxygen atoms in total. The topological polar surface area (TPSA) is 84.5 Å². The Morgan fingerprint density at radius 2 is 1.96 bits per heavy atom. The number of likely N-dealkylation sites (N-methyl/N-ethyl adjacent to an activating group) is 1. The Labute approximate surface area is 158 Å². The zero-order chi connectivity index (χ0) is 19.8. The minimum absolute atomic E-state index is 0.0580. The van der Waals surface area contributed by atoms with E-state index in [1.54, 1.807) is 14.0 Å². The summed E-state index contributed by atoms with van der Waals surface area (Å²) in [5.41, 5.74) is -0.248. The number of nitrogens with one attached hydrogen (secondary N) is 1. The Bertz CT molecular complexity index is 914. The van der Waals surface area contributed by atoms with Crippen LogP contribution in [-0.4, -0.2) is 47.1 Å². The van der Waals surface area contributed by atoms with E-state index in [1.807, 2.05) is 45.0 Å². The fourth-order valence-electron chi connectivity index (χ4n) is 2.93. The number of nitrogens with zero attached hydrogens (tertiary/aromatic N) is 2. The van der Waals surface area contributed by atoms with Gasteiger partial charge >= 0.3 is 0 Å². The lowest BCUT2D eigenvalue weighted by molar-refractivity contribution is 0.0519. The Morgan fingerprint density at radius 3 is 2.59 bits per heavy atom. The standard InChI is InChI=1S/C20H25N3O4/c1-12-16(17(24)22-19(21-12)20(2,3)4)18(25)23(5)10-13-11-26-14-8-6-7-9-15(14)27-13/h6-9,13H,10-11H2,1-5H3,(H,21,22,24). The lowest BCUT2D eigenvalue weighted by Gasteiger charge is -2.29. The number of carbonyl (C=O) groups is 1. The number of aromatic amines is 1. The number of fused-ring (bicyclic) bond motifs is 1. The van der Waals surface area contributed by atoms with Gasteiger partial charge in [0.2, 0.25) is 0 Å². The van der Waals surface area contributed by atoms with Crippen molar-refractivity contribution in [3.8, 4) is 11.5 Å². The molecule has 1 aliphatic heterocycles. The van der Waals surface area contributed by atoms with E-state index >= 15 is 0 Å². The van der Waals surface area contributed by atoms with Crippen LogP contribution in [0.5, 0.6) is 11.5 Å². The number of para-hydroxylation sites is 2. The highest BCUT2D eigenvalue weighted by Gasteiger charge is 2.27. The van der Waals surface area contributed by atoms with E-state index in [-0.39, 0.29) is 23.0 Å². The van der Waals surface area contributed by atoms with E-state index in [4.69, 9.17) is 9.47 Å². The summed E-state index contributed by atoms with van der Waals surface area (Å²) in [4.78, 5) is 34.0. The van der Waals surface area contributed by atoms with Crippen LogP contribution in [0.3, 0.4) is 0 Å². The number of ether oxygens (including phenoxy) is 2. The molecule has 0 radical (unpaired) electrons. The molecule has 1 aliphatic rings. The summed E-state index contributed by atoms with van der Waals surface area (Å²) in [6.45, 7) is 8.18. The molecule has 0 saturated heterocycles. The van der Waals surface area contributed by atoms with Gasteiger partial charge in [0.05, 0.1) is 12.2 Å². The minimum atomic E-state index is -0.421. The molecular formula is C20H25N3O4. The molecule has 1 N–H and O–H groups in total. The molecule has 144 valence electrons. The SMILES string of the molecule is Cc1nc(C(C)(C)C)[nH]c(=O)c1C(=O)N(C)CC1COc2ccccc2O1. The van der Waals surface area contributed by atoms with E-state index in [9.17, 15) is 9.59 Å². The molecule has 1 unspecified atom stereocenters. The van der Waals surface area contributed by atoms with Gasteiger partial charge in [0.1, 0.15) is 18.0 Å². The number of hydrogen-bond donors (Lipinski definition) is 1. The van der Waals surface area contributed by atoms with Crippen molar-refractivity contribution in [2.24, 2.45) is 0 Å². The third-order valence-electron chi connectivity index (χ3n) is 4.42. The van der Waals surface area contributed by atoms with E-state index in [0.717, 1.165) is 0 Å². The number of benzene rings is 1. The second kappa shape index (κ2) is 7.06. The number of rotatable bonds is 3. The quantitative estimate of drug-likeness (QED) is 0.895. The first-order valence-corrected chi connectivity index (χ1v) is 8.92. The smallest absolute Gasteiger partial charge is 0.264 e. The maximum absolute atomic E-state index is 12.8. The van der Waals surface area contributed by atoms with Crippen LogP contribution in [0.2, 0.25) is 0 Å². The first-order valence-electron chi connectivity index (χ1n) is 8.92. The van der Waals surface area contributed by atoms with Crippen LogP contribution in [0.25, 0.3) is 0 Å². The van der Waals surface area contributed by atoms with Gasteiger partial charge in [0, 0.05) is 12.5 Å². The third kappa shape index (κ3) is 3.97. The van der Waals surface area contributed by atoms with Crippen LogP contribution in [0.15, 0.2) is 29.1 Å². The molecule has 1 aromatic carbocycles. The van der Waals surface area contributed by atoms with Crippen LogP contribution in [0.4, 0.5) is 0 Å². The largest absolute Gasteiger partial charge is 0.486 e. The van der Waals surface area contributed by atoms with Gasteiger partial charge in [-0.15, -0.1) is 0 Å². The van der Waals surface area contributed by atoms with Gasteiger partial charge in [-0.3, -0.25) is 9.59 Å². The molecule has 3 rings (SSSR count). The molecule has 1 aromatic heterocycles. The molecule has 1 atom stereocenters. The van der Waals surface area contributed by atoms with Crippen LogP contribution in [0, 0.1) is 6.92 Å². The number of hydrogen-bond acceptors (Lipinski definition) is 5. The predicted molar refractivity (Wildman–Crippen MR) is 102 cm³/mol. The molecule has 2 heterocycles. The average molecular weight is 371 g/mol. The average Bonchev–Trinajstić information content (AvgIpc) is 2.60. The third-order valence-corrected chi connectivity index (χ3v) is 4.42. The van der Waals surface area contributed by atoms with Crippen molar-refractivity contribution >= 4 is 5.91 Å². The molecule has 1 amide bonds. The lowest BCUT2D eigenvalue weighted by atomic mass is 9.95. The highest BCUT2D eigenvalue weighted by Crippen LogP contribution is 2.31. The van der Waals surface area contributed by atoms with E-state index in [1.165, 1.54) is 4.90 Å². The van der Waals surface area contributed by atoms with Crippen molar-refractivity contribution in [1.82, 2.24) is 14.9 Å². The molecule has 0 fully saturated rings. The monoisotopic (exact) mass is 371 g/mol. The van der Waals surface area contributed by atoms with Gasteiger partial charge in [0.15, 0.2) is 17.6 Å². The molecule has 7 heteroatoms. The highest BCUT2D eigenvalue weighted by molar-refractivity contribution is 5.94. The van der Waals surface area contributed by atoms with E-state index in [0.29, 0.717) is 36.2 Å². The van der Waals surface area contributed by atoms with Gasteiger partial charge in [-0.1, -0.05) is 32.9 Å². The first-order chi connectivity index (χ1) is 12.7. The van der Waals surface area contributed by atoms with Crippen LogP contribution in [0.1, 0.15) is 42.6 Å². The number of amides is 1. The normalized spacial score (nSPS) is 16.1. The first kappa shape index (κ1) is 18.9. The van der Waals surface area contributed by atoms with Crippen LogP contribution in [-0.2, 0) is 5.41 Å². The van der Waals surface area contributed by atoms with E-state index < -0.39 is 5.56 Å². The number of aryl methyl sites for hydroxylation is 1. The Hall–Kier alpha value is -2.83. The Kier molecular flexibility index (Phi) is 4.95. The van der Waals surface area contributed by atoms with Gasteiger partial charge in [0.25, 0.3) is 11.5 Å². The Balaban J connectivity index is 1.76. The predicted octanol–water partition coefficient (Wildman–Crippen LogP) is 2.29. The molecule has 27 heavy (non-hydrogen) atoms. The summed E-state index contributed by atoms with van der Waals surface area (Å²) < 4.78 is 11.6. The molecular weight excluding hydrogens is 346 g/mol. The minimum Gasteiger partial charge on any atom is -0.486 e. The summed E-state index contributed by atoms with van der Waals surface area (Å²) in [6.07, 6.45) is -0.310. The molecule has 0 spiro atoms. The fraction of sp³-hybridized carbons (Fsp3) is 0.450. The lowest BCUT2D eigenvalue weighted by Crippen LogP contribution is -2.43. The van der Waals surface area contributed by atoms with Crippen molar-refractivity contribution in [2.45, 2.75) is 39.2 Å². The van der Waals surface area contributed by atoms with Crippen molar-refractivity contribution in [1.29, 1.82) is 0 Å². The molecule has 2 aromatic rings. The molecule has 0 bridgehead atoms. The number of carbonyl (C=O) groups excluding carboxylic acids is 1. The number of aromatic nitrogens is 2. The summed E-state index contributed by atoms with van der Waals surface area (Å²) in [6, 6.07) is 7.41. The fourth-order valence-corrected chi connectivity index (χ4v) is 2.93. The van der Waals surface area contributed by atoms with E-state index in [2.05, 4.69) is 9.97 Å².